The van der Waals surface area contributed by atoms with E-state index in [1.807, 2.05) is 12.1 Å². The van der Waals surface area contributed by atoms with Crippen LogP contribution in [0.25, 0.3) is 10.2 Å². The van der Waals surface area contributed by atoms with E-state index in [1.165, 1.54) is 23.5 Å². The Bertz CT molecular complexity index is 838. The van der Waals surface area contributed by atoms with Crippen LogP contribution < -0.4 is 5.32 Å². The van der Waals surface area contributed by atoms with Gasteiger partial charge in [-0.1, -0.05) is 22.9 Å². The first-order valence-electron chi connectivity index (χ1n) is 5.68. The molecule has 0 saturated carbocycles. The molecule has 0 atom stereocenters. The maximum atomic E-state index is 13.5. The van der Waals surface area contributed by atoms with Crippen molar-refractivity contribution in [3.05, 3.63) is 52.8 Å². The normalized spacial score (nSPS) is 10.4. The Morgan fingerprint density at radius 2 is 2.10 bits per heavy atom. The number of nitriles is 1. The van der Waals surface area contributed by atoms with Crippen LogP contribution >= 0.6 is 22.9 Å². The number of benzene rings is 2. The molecule has 1 aromatic heterocycles. The molecule has 0 fully saturated rings. The van der Waals surface area contributed by atoms with Crippen molar-refractivity contribution in [1.82, 2.24) is 4.98 Å². The van der Waals surface area contributed by atoms with Crippen LogP contribution in [0.5, 0.6) is 0 Å². The summed E-state index contributed by atoms with van der Waals surface area (Å²) in [5, 5.41) is 13.0. The van der Waals surface area contributed by atoms with Gasteiger partial charge in [-0.15, -0.1) is 0 Å². The first-order chi connectivity index (χ1) is 9.65. The predicted octanol–water partition coefficient (Wildman–Crippen LogP) is 4.70. The number of aromatic nitrogens is 1. The minimum Gasteiger partial charge on any atom is -0.331 e. The molecule has 0 bridgehead atoms. The van der Waals surface area contributed by atoms with Crippen LogP contribution in [0, 0.1) is 17.1 Å². The second-order valence-corrected chi connectivity index (χ2v) is 5.53. The molecule has 0 amide bonds. The Morgan fingerprint density at radius 3 is 2.85 bits per heavy atom. The summed E-state index contributed by atoms with van der Waals surface area (Å²) >= 11 is 7.35. The van der Waals surface area contributed by atoms with Crippen molar-refractivity contribution in [1.29, 1.82) is 5.26 Å². The molecule has 0 spiro atoms. The molecular weight excluding hydrogens is 297 g/mol. The highest BCUT2D eigenvalue weighted by atomic mass is 35.5. The largest absolute Gasteiger partial charge is 0.331 e. The zero-order chi connectivity index (χ0) is 14.1. The number of thiazole rings is 1. The van der Waals surface area contributed by atoms with Crippen LogP contribution in [0.15, 0.2) is 36.4 Å². The van der Waals surface area contributed by atoms with E-state index < -0.39 is 5.82 Å². The SMILES string of the molecule is N#Cc1ccc(Nc2nc3ccc(Cl)cc3s2)cc1F. The van der Waals surface area contributed by atoms with Crippen molar-refractivity contribution in [2.24, 2.45) is 0 Å². The highest BCUT2D eigenvalue weighted by molar-refractivity contribution is 7.22. The Morgan fingerprint density at radius 1 is 1.25 bits per heavy atom. The maximum Gasteiger partial charge on any atom is 0.188 e. The molecule has 1 heterocycles. The number of hydrogen-bond acceptors (Lipinski definition) is 4. The van der Waals surface area contributed by atoms with Gasteiger partial charge in [-0.05, 0) is 36.4 Å². The molecule has 3 rings (SSSR count). The Hall–Kier alpha value is -2.16. The van der Waals surface area contributed by atoms with Gasteiger partial charge in [0, 0.05) is 10.7 Å². The van der Waals surface area contributed by atoms with Crippen molar-refractivity contribution in [2.75, 3.05) is 5.32 Å². The molecule has 1 N–H and O–H groups in total. The van der Waals surface area contributed by atoms with Gasteiger partial charge in [0.15, 0.2) is 5.13 Å². The van der Waals surface area contributed by atoms with Gasteiger partial charge in [0.05, 0.1) is 15.8 Å². The average Bonchev–Trinajstić information content (AvgIpc) is 2.80. The number of halogens is 2. The Balaban J connectivity index is 1.93. The van der Waals surface area contributed by atoms with Gasteiger partial charge in [0.2, 0.25) is 0 Å². The molecular formula is C14H7ClFN3S. The number of nitrogens with zero attached hydrogens (tertiary/aromatic N) is 2. The van der Waals surface area contributed by atoms with E-state index >= 15 is 0 Å². The first kappa shape index (κ1) is 12.9. The van der Waals surface area contributed by atoms with E-state index in [9.17, 15) is 4.39 Å². The summed E-state index contributed by atoms with van der Waals surface area (Å²) in [5.74, 6) is -0.554. The van der Waals surface area contributed by atoms with Gasteiger partial charge >= 0.3 is 0 Å². The molecule has 0 saturated heterocycles. The lowest BCUT2D eigenvalue weighted by atomic mass is 10.2. The molecule has 3 nitrogen and oxygen atoms in total. The van der Waals surface area contributed by atoms with Crippen molar-refractivity contribution in [3.63, 3.8) is 0 Å². The predicted molar refractivity (Wildman–Crippen MR) is 79.0 cm³/mol. The smallest absolute Gasteiger partial charge is 0.188 e. The molecule has 20 heavy (non-hydrogen) atoms. The summed E-state index contributed by atoms with van der Waals surface area (Å²) in [7, 11) is 0. The van der Waals surface area contributed by atoms with E-state index in [0.29, 0.717) is 15.8 Å². The molecule has 0 radical (unpaired) electrons. The Kier molecular flexibility index (Phi) is 3.26. The number of anilines is 2. The van der Waals surface area contributed by atoms with Crippen LogP contribution in [0.1, 0.15) is 5.56 Å². The van der Waals surface area contributed by atoms with Crippen LogP contribution in [0.2, 0.25) is 5.02 Å². The highest BCUT2D eigenvalue weighted by Gasteiger charge is 2.07. The third kappa shape index (κ3) is 2.44. The van der Waals surface area contributed by atoms with E-state index in [4.69, 9.17) is 16.9 Å². The summed E-state index contributed by atoms with van der Waals surface area (Å²) in [4.78, 5) is 4.38. The van der Waals surface area contributed by atoms with E-state index in [0.717, 1.165) is 10.2 Å². The summed E-state index contributed by atoms with van der Waals surface area (Å²) in [6.45, 7) is 0. The van der Waals surface area contributed by atoms with Crippen LogP contribution in [0.3, 0.4) is 0 Å². The lowest BCUT2D eigenvalue weighted by Gasteiger charge is -2.02. The minimum absolute atomic E-state index is 0.0200. The molecule has 6 heteroatoms. The fourth-order valence-corrected chi connectivity index (χ4v) is 2.92. The summed E-state index contributed by atoms with van der Waals surface area (Å²) in [6.07, 6.45) is 0. The molecule has 3 aromatic rings. The number of fused-ring (bicyclic) bond motifs is 1. The summed E-state index contributed by atoms with van der Waals surface area (Å²) < 4.78 is 14.5. The lowest BCUT2D eigenvalue weighted by Crippen LogP contribution is -1.91. The van der Waals surface area contributed by atoms with Crippen molar-refractivity contribution >= 4 is 44.0 Å². The second kappa shape index (κ2) is 5.08. The molecule has 0 aliphatic heterocycles. The Labute approximate surface area is 123 Å². The van der Waals surface area contributed by atoms with Crippen LogP contribution in [-0.4, -0.2) is 4.98 Å². The third-order valence-corrected chi connectivity index (χ3v) is 3.86. The first-order valence-corrected chi connectivity index (χ1v) is 6.88. The van der Waals surface area contributed by atoms with Crippen molar-refractivity contribution in [3.8, 4) is 6.07 Å². The molecule has 0 aliphatic rings. The number of hydrogen-bond donors (Lipinski definition) is 1. The van der Waals surface area contributed by atoms with Gasteiger partial charge in [0.1, 0.15) is 11.9 Å². The zero-order valence-corrected chi connectivity index (χ0v) is 11.6. The molecule has 98 valence electrons. The minimum atomic E-state index is -0.554. The van der Waals surface area contributed by atoms with Gasteiger partial charge in [0.25, 0.3) is 0 Å². The topological polar surface area (TPSA) is 48.7 Å². The van der Waals surface area contributed by atoms with E-state index in [2.05, 4.69) is 10.3 Å². The lowest BCUT2D eigenvalue weighted by molar-refractivity contribution is 0.624. The van der Waals surface area contributed by atoms with E-state index in [-0.39, 0.29) is 5.56 Å². The average molecular weight is 304 g/mol. The van der Waals surface area contributed by atoms with Gasteiger partial charge < -0.3 is 5.32 Å². The maximum absolute atomic E-state index is 13.5. The van der Waals surface area contributed by atoms with E-state index in [1.54, 1.807) is 18.2 Å². The van der Waals surface area contributed by atoms with Gasteiger partial charge in [-0.25, -0.2) is 9.37 Å². The standard InChI is InChI=1S/C14H7ClFN3S/c15-9-2-4-12-13(5-9)20-14(19-12)18-10-3-1-8(7-17)11(16)6-10/h1-6H,(H,18,19). The van der Waals surface area contributed by atoms with Crippen LogP contribution in [0.4, 0.5) is 15.2 Å². The fourth-order valence-electron chi connectivity index (χ4n) is 1.76. The summed E-state index contributed by atoms with van der Waals surface area (Å²) in [6, 6.07) is 11.6. The second-order valence-electron chi connectivity index (χ2n) is 4.06. The van der Waals surface area contributed by atoms with Crippen LogP contribution in [-0.2, 0) is 0 Å². The zero-order valence-electron chi connectivity index (χ0n) is 10.0. The highest BCUT2D eigenvalue weighted by Crippen LogP contribution is 2.30. The van der Waals surface area contributed by atoms with Crippen molar-refractivity contribution in [2.45, 2.75) is 0 Å². The summed E-state index contributed by atoms with van der Waals surface area (Å²) in [5.41, 5.74) is 1.40. The van der Waals surface area contributed by atoms with Crippen molar-refractivity contribution < 1.29 is 4.39 Å². The molecule has 2 aromatic carbocycles. The van der Waals surface area contributed by atoms with Gasteiger partial charge in [-0.2, -0.15) is 5.26 Å². The monoisotopic (exact) mass is 303 g/mol. The molecule has 0 unspecified atom stereocenters. The fraction of sp³-hybridized carbons (Fsp3) is 0. The molecule has 0 aliphatic carbocycles. The number of nitrogens with one attached hydrogen (secondary N) is 1. The number of rotatable bonds is 2. The van der Waals surface area contributed by atoms with Gasteiger partial charge in [-0.3, -0.25) is 0 Å². The third-order valence-electron chi connectivity index (χ3n) is 2.69. The quantitative estimate of drug-likeness (QED) is 0.746.